The van der Waals surface area contributed by atoms with Gasteiger partial charge >= 0.3 is 0 Å². The van der Waals surface area contributed by atoms with Gasteiger partial charge in [0.25, 0.3) is 10.0 Å². The van der Waals surface area contributed by atoms with Crippen molar-refractivity contribution in [3.8, 4) is 0 Å². The second-order valence-electron chi connectivity index (χ2n) is 12.3. The molecule has 7 aromatic rings. The number of rotatable bonds is 11. The Hall–Kier alpha value is -6.22. The van der Waals surface area contributed by atoms with Crippen LogP contribution >= 0.6 is 22.7 Å². The number of aromatic nitrogens is 2. The molecule has 2 aromatic heterocycles. The zero-order chi connectivity index (χ0) is 39.1. The molecular weight excluding hydrogens is 756 g/mol. The summed E-state index contributed by atoms with van der Waals surface area (Å²) < 4.78 is 41.2. The lowest BCUT2D eigenvalue weighted by molar-refractivity contribution is 0.102. The number of thiazole rings is 2. The number of hydrogen-bond donors (Lipinski definition) is 4. The minimum Gasteiger partial charge on any atom is -0.399 e. The molecule has 0 unspecified atom stereocenters. The summed E-state index contributed by atoms with van der Waals surface area (Å²) in [5, 5.41) is 9.28. The van der Waals surface area contributed by atoms with Crippen molar-refractivity contribution >= 4 is 77.3 Å². The van der Waals surface area contributed by atoms with Gasteiger partial charge in [-0.2, -0.15) is 0 Å². The van der Waals surface area contributed by atoms with Gasteiger partial charge < -0.3 is 16.4 Å². The Morgan fingerprint density at radius 3 is 1.89 bits per heavy atom. The van der Waals surface area contributed by atoms with Gasteiger partial charge in [0.2, 0.25) is 11.6 Å². The molecule has 0 aliphatic carbocycles. The number of anilines is 6. The zero-order valence-corrected chi connectivity index (χ0v) is 32.3. The van der Waals surface area contributed by atoms with E-state index in [0.29, 0.717) is 54.6 Å². The van der Waals surface area contributed by atoms with Crippen molar-refractivity contribution in [1.29, 1.82) is 0 Å². The van der Waals surface area contributed by atoms with Crippen molar-refractivity contribution in [2.45, 2.75) is 25.7 Å². The summed E-state index contributed by atoms with van der Waals surface area (Å²) in [5.41, 5.74) is 12.3. The van der Waals surface area contributed by atoms with Gasteiger partial charge in [-0.1, -0.05) is 65.9 Å². The van der Waals surface area contributed by atoms with E-state index in [1.54, 1.807) is 42.6 Å². The Morgan fingerprint density at radius 1 is 0.691 bits per heavy atom. The topological polar surface area (TPSA) is 156 Å². The zero-order valence-electron chi connectivity index (χ0n) is 29.8. The number of carbonyl (C=O) groups is 2. The van der Waals surface area contributed by atoms with Crippen LogP contribution in [0.2, 0.25) is 0 Å². The number of nitrogens with two attached hydrogens (primary N) is 1. The van der Waals surface area contributed by atoms with Crippen molar-refractivity contribution < 1.29 is 22.4 Å². The van der Waals surface area contributed by atoms with Crippen LogP contribution in [0.25, 0.3) is 0 Å². The van der Waals surface area contributed by atoms with Crippen molar-refractivity contribution in [3.63, 3.8) is 0 Å². The molecule has 278 valence electrons. The molecule has 0 amide bonds. The SMILES string of the molecule is Cc1ccccc1C(=O)c1cnc(Nc2ccc(NS(=O)(=O)c3cc(F)ccc3C)cc2)s1.Cc1ccccc1C(=O)c1csc(Nc2ccc(N)cc2)n1. The van der Waals surface area contributed by atoms with Gasteiger partial charge in [-0.05, 0) is 98.1 Å². The number of aryl methyl sites for hydroxylation is 3. The van der Waals surface area contributed by atoms with Crippen LogP contribution in [-0.2, 0) is 10.0 Å². The van der Waals surface area contributed by atoms with Crippen LogP contribution in [0.4, 0.5) is 37.4 Å². The summed E-state index contributed by atoms with van der Waals surface area (Å²) in [6.45, 7) is 5.42. The number of sulfonamides is 1. The third-order valence-corrected chi connectivity index (χ3v) is 11.4. The predicted octanol–water partition coefficient (Wildman–Crippen LogP) is 9.68. The van der Waals surface area contributed by atoms with Crippen LogP contribution in [0.5, 0.6) is 0 Å². The molecule has 55 heavy (non-hydrogen) atoms. The lowest BCUT2D eigenvalue weighted by Gasteiger charge is -2.11. The van der Waals surface area contributed by atoms with Crippen LogP contribution in [0, 0.1) is 26.6 Å². The van der Waals surface area contributed by atoms with E-state index < -0.39 is 15.8 Å². The first kappa shape index (κ1) is 38.5. The largest absolute Gasteiger partial charge is 0.399 e. The first-order valence-electron chi connectivity index (χ1n) is 16.8. The monoisotopic (exact) mass is 790 g/mol. The van der Waals surface area contributed by atoms with Crippen LogP contribution in [-0.4, -0.2) is 30.0 Å². The maximum atomic E-state index is 13.5. The lowest BCUT2D eigenvalue weighted by Crippen LogP contribution is -2.14. The maximum absolute atomic E-state index is 13.5. The maximum Gasteiger partial charge on any atom is 0.262 e. The molecule has 0 fully saturated rings. The Labute approximate surface area is 326 Å². The third-order valence-electron chi connectivity index (χ3n) is 8.24. The van der Waals surface area contributed by atoms with Gasteiger partial charge in [0.05, 0.1) is 16.0 Å². The number of nitrogens with one attached hydrogen (secondary N) is 3. The summed E-state index contributed by atoms with van der Waals surface area (Å²) >= 11 is 2.64. The van der Waals surface area contributed by atoms with Gasteiger partial charge in [-0.15, -0.1) is 11.3 Å². The number of nitrogen functional groups attached to an aromatic ring is 1. The molecule has 0 saturated heterocycles. The van der Waals surface area contributed by atoms with Gasteiger partial charge in [0, 0.05) is 39.3 Å². The number of ketones is 2. The summed E-state index contributed by atoms with van der Waals surface area (Å²) in [7, 11) is -3.93. The van der Waals surface area contributed by atoms with Crippen molar-refractivity contribution in [3.05, 3.63) is 171 Å². The number of nitrogens with zero attached hydrogens (tertiary/aromatic N) is 2. The number of carbonyl (C=O) groups excluding carboxylic acids is 2. The van der Waals surface area contributed by atoms with Crippen LogP contribution in [0.1, 0.15) is 48.0 Å². The van der Waals surface area contributed by atoms with E-state index in [9.17, 15) is 22.4 Å². The molecule has 0 radical (unpaired) electrons. The Kier molecular flexibility index (Phi) is 11.8. The number of halogens is 1. The molecule has 0 aliphatic heterocycles. The minimum atomic E-state index is -3.93. The fourth-order valence-electron chi connectivity index (χ4n) is 5.31. The highest BCUT2D eigenvalue weighted by molar-refractivity contribution is 7.92. The van der Waals surface area contributed by atoms with Crippen molar-refractivity contribution in [2.75, 3.05) is 21.1 Å². The highest BCUT2D eigenvalue weighted by atomic mass is 32.2. The highest BCUT2D eigenvalue weighted by Crippen LogP contribution is 2.28. The third kappa shape index (κ3) is 9.67. The Bertz CT molecular complexity index is 2590. The second-order valence-corrected chi connectivity index (χ2v) is 15.9. The van der Waals surface area contributed by atoms with Gasteiger partial charge in [0.1, 0.15) is 11.5 Å². The lowest BCUT2D eigenvalue weighted by atomic mass is 10.0. The summed E-state index contributed by atoms with van der Waals surface area (Å²) in [6, 6.07) is 32.4. The van der Waals surface area contributed by atoms with Crippen molar-refractivity contribution in [2.24, 2.45) is 0 Å². The Balaban J connectivity index is 0.000000203. The average Bonchev–Trinajstić information content (AvgIpc) is 3.84. The molecule has 14 heteroatoms. The molecule has 0 spiro atoms. The Morgan fingerprint density at radius 2 is 1.25 bits per heavy atom. The molecule has 5 aromatic carbocycles. The molecule has 0 atom stereocenters. The first-order valence-corrected chi connectivity index (χ1v) is 19.9. The van der Waals surface area contributed by atoms with Gasteiger partial charge in [0.15, 0.2) is 10.3 Å². The normalized spacial score (nSPS) is 10.9. The molecule has 10 nitrogen and oxygen atoms in total. The van der Waals surface area contributed by atoms with E-state index >= 15 is 0 Å². The van der Waals surface area contributed by atoms with E-state index in [2.05, 4.69) is 25.3 Å². The summed E-state index contributed by atoms with van der Waals surface area (Å²) in [4.78, 5) is 34.2. The van der Waals surface area contributed by atoms with Crippen LogP contribution in [0.15, 0.2) is 132 Å². The average molecular weight is 791 g/mol. The first-order chi connectivity index (χ1) is 26.4. The highest BCUT2D eigenvalue weighted by Gasteiger charge is 2.19. The number of benzene rings is 5. The summed E-state index contributed by atoms with van der Waals surface area (Å²) in [5.74, 6) is -0.764. The van der Waals surface area contributed by atoms with E-state index in [0.717, 1.165) is 22.9 Å². The summed E-state index contributed by atoms with van der Waals surface area (Å²) in [6.07, 6.45) is 1.53. The van der Waals surface area contributed by atoms with Crippen LogP contribution in [0.3, 0.4) is 0 Å². The molecule has 7 rings (SSSR count). The van der Waals surface area contributed by atoms with Crippen molar-refractivity contribution in [1.82, 2.24) is 9.97 Å². The quantitative estimate of drug-likeness (QED) is 0.0740. The van der Waals surface area contributed by atoms with E-state index in [-0.39, 0.29) is 16.5 Å². The van der Waals surface area contributed by atoms with Gasteiger partial charge in [-0.25, -0.2) is 22.8 Å². The molecule has 0 bridgehead atoms. The molecule has 0 aliphatic rings. The minimum absolute atomic E-state index is 0.0558. The van der Waals surface area contributed by atoms with Gasteiger partial charge in [-0.3, -0.25) is 14.3 Å². The fourth-order valence-corrected chi connectivity index (χ4v) is 8.12. The second kappa shape index (κ2) is 16.8. The molecule has 2 heterocycles. The van der Waals surface area contributed by atoms with E-state index in [1.165, 1.54) is 41.0 Å². The predicted molar refractivity (Wildman–Crippen MR) is 219 cm³/mol. The van der Waals surface area contributed by atoms with E-state index in [4.69, 9.17) is 5.73 Å². The molecule has 5 N–H and O–H groups in total. The number of hydrogen-bond acceptors (Lipinski definition) is 11. The van der Waals surface area contributed by atoms with E-state index in [1.807, 2.05) is 80.6 Å². The molecular formula is C41H35FN6O4S3. The fraction of sp³-hybridized carbons (Fsp3) is 0.0732. The molecule has 0 saturated carbocycles. The van der Waals surface area contributed by atoms with Crippen LogP contribution < -0.4 is 21.1 Å². The smallest absolute Gasteiger partial charge is 0.262 e. The standard InChI is InChI=1S/C24H20FN3O3S2.C17H15N3OS/c1-15-5-3-4-6-20(15)23(29)21-14-26-24(32-21)27-18-9-11-19(12-10-18)28-33(30,31)22-13-17(25)8-7-16(22)2;1-11-4-2-3-5-14(11)16(21)15-10-22-17(20-15)19-13-8-6-12(18)7-9-13/h3-14,28H,1-2H3,(H,26,27);2-10H,18H2,1H3,(H,19,20).